The van der Waals surface area contributed by atoms with Gasteiger partial charge < -0.3 is 14.2 Å². The predicted octanol–water partition coefficient (Wildman–Crippen LogP) is 4.23. The van der Waals surface area contributed by atoms with Crippen molar-refractivity contribution in [3.05, 3.63) is 35.9 Å². The molecule has 8 heteroatoms. The van der Waals surface area contributed by atoms with Gasteiger partial charge in [0.1, 0.15) is 17.8 Å². The zero-order valence-electron chi connectivity index (χ0n) is 19.1. The third-order valence-electron chi connectivity index (χ3n) is 3.54. The molecule has 0 spiro atoms. The quantitative estimate of drug-likeness (QED) is 0.419. The van der Waals surface area contributed by atoms with E-state index < -0.39 is 41.6 Å². The van der Waals surface area contributed by atoms with Crippen LogP contribution in [0.15, 0.2) is 30.3 Å². The Hall–Kier alpha value is -2.77. The molecule has 0 heterocycles. The van der Waals surface area contributed by atoms with Crippen LogP contribution >= 0.6 is 0 Å². The fourth-order valence-corrected chi connectivity index (χ4v) is 2.41. The smallest absolute Gasteiger partial charge is 0.412 e. The lowest BCUT2D eigenvalue weighted by Crippen LogP contribution is -2.59. The zero-order valence-corrected chi connectivity index (χ0v) is 19.1. The van der Waals surface area contributed by atoms with E-state index >= 15 is 0 Å². The summed E-state index contributed by atoms with van der Waals surface area (Å²) in [5, 5.41) is 2.45. The fraction of sp³-hybridized carbons (Fsp3) is 0.591. The van der Waals surface area contributed by atoms with Gasteiger partial charge in [0.15, 0.2) is 0 Å². The highest BCUT2D eigenvalue weighted by Crippen LogP contribution is 2.17. The van der Waals surface area contributed by atoms with Gasteiger partial charge in [-0.25, -0.2) is 14.4 Å². The van der Waals surface area contributed by atoms with Gasteiger partial charge in [0.2, 0.25) is 6.17 Å². The number of hydrogen-bond donors (Lipinski definition) is 1. The monoisotopic (exact) mass is 422 g/mol. The Kier molecular flexibility index (Phi) is 8.69. The Morgan fingerprint density at radius 3 is 1.93 bits per heavy atom. The number of amides is 2. The van der Waals surface area contributed by atoms with Gasteiger partial charge in [-0.2, -0.15) is 0 Å². The standard InChI is InChI=1S/C22H34N2O6/c1-15(2)24(20(27)30-22(6,7)8)17(18(25)29-21(3,4)5)23-19(26)28-14-16-12-10-9-11-13-16/h9-13,15,17H,14H2,1-8H3,(H,23,26). The molecule has 2 amide bonds. The highest BCUT2D eigenvalue weighted by molar-refractivity contribution is 5.85. The van der Waals surface area contributed by atoms with E-state index in [1.807, 2.05) is 18.2 Å². The molecule has 1 aromatic rings. The van der Waals surface area contributed by atoms with Crippen molar-refractivity contribution in [2.75, 3.05) is 0 Å². The average Bonchev–Trinajstić information content (AvgIpc) is 2.57. The largest absolute Gasteiger partial charge is 0.457 e. The van der Waals surface area contributed by atoms with Crippen molar-refractivity contribution in [2.45, 2.75) is 85.4 Å². The maximum atomic E-state index is 12.8. The van der Waals surface area contributed by atoms with Crippen LogP contribution in [0.25, 0.3) is 0 Å². The van der Waals surface area contributed by atoms with E-state index in [0.717, 1.165) is 10.5 Å². The van der Waals surface area contributed by atoms with Gasteiger partial charge in [0, 0.05) is 6.04 Å². The molecule has 0 aliphatic carbocycles. The van der Waals surface area contributed by atoms with E-state index in [1.54, 1.807) is 67.5 Å². The van der Waals surface area contributed by atoms with Crippen molar-refractivity contribution < 1.29 is 28.6 Å². The Bertz CT molecular complexity index is 719. The Labute approximate surface area is 178 Å². The number of nitrogens with one attached hydrogen (secondary N) is 1. The average molecular weight is 423 g/mol. The fourth-order valence-electron chi connectivity index (χ4n) is 2.41. The van der Waals surface area contributed by atoms with Crippen molar-refractivity contribution in [3.8, 4) is 0 Å². The van der Waals surface area contributed by atoms with Crippen LogP contribution in [0, 0.1) is 0 Å². The number of esters is 1. The summed E-state index contributed by atoms with van der Waals surface area (Å²) >= 11 is 0. The first-order chi connectivity index (χ1) is 13.7. The van der Waals surface area contributed by atoms with Crippen molar-refractivity contribution in [2.24, 2.45) is 0 Å². The second kappa shape index (κ2) is 10.3. The molecule has 1 rings (SSSR count). The molecule has 1 atom stereocenters. The highest BCUT2D eigenvalue weighted by atomic mass is 16.6. The summed E-state index contributed by atoms with van der Waals surface area (Å²) in [4.78, 5) is 39.2. The molecule has 0 saturated carbocycles. The van der Waals surface area contributed by atoms with Gasteiger partial charge in [0.05, 0.1) is 0 Å². The van der Waals surface area contributed by atoms with Crippen molar-refractivity contribution in [1.29, 1.82) is 0 Å². The summed E-state index contributed by atoms with van der Waals surface area (Å²) in [5.74, 6) is -0.793. The second-order valence-corrected chi connectivity index (χ2v) is 9.12. The first-order valence-corrected chi connectivity index (χ1v) is 9.91. The number of benzene rings is 1. The topological polar surface area (TPSA) is 94.2 Å². The van der Waals surface area contributed by atoms with E-state index in [4.69, 9.17) is 14.2 Å². The maximum absolute atomic E-state index is 12.8. The van der Waals surface area contributed by atoms with Gasteiger partial charge in [-0.3, -0.25) is 10.2 Å². The minimum Gasteiger partial charge on any atom is -0.457 e. The molecule has 168 valence electrons. The van der Waals surface area contributed by atoms with E-state index in [1.165, 1.54) is 0 Å². The highest BCUT2D eigenvalue weighted by Gasteiger charge is 2.38. The second-order valence-electron chi connectivity index (χ2n) is 9.12. The Morgan fingerprint density at radius 2 is 1.47 bits per heavy atom. The minimum atomic E-state index is -1.41. The van der Waals surface area contributed by atoms with Crippen LogP contribution in [-0.4, -0.2) is 46.5 Å². The summed E-state index contributed by atoms with van der Waals surface area (Å²) < 4.78 is 16.0. The molecule has 30 heavy (non-hydrogen) atoms. The molecule has 1 unspecified atom stereocenters. The predicted molar refractivity (Wildman–Crippen MR) is 113 cm³/mol. The number of carbonyl (C=O) groups excluding carboxylic acids is 3. The summed E-state index contributed by atoms with van der Waals surface area (Å²) in [6.45, 7) is 13.7. The molecule has 0 aromatic heterocycles. The molecular formula is C22H34N2O6. The van der Waals surface area contributed by atoms with E-state index in [9.17, 15) is 14.4 Å². The molecule has 8 nitrogen and oxygen atoms in total. The molecule has 0 fully saturated rings. The third kappa shape index (κ3) is 9.15. The molecule has 1 aromatic carbocycles. The summed E-state index contributed by atoms with van der Waals surface area (Å²) in [7, 11) is 0. The van der Waals surface area contributed by atoms with Crippen LogP contribution in [-0.2, 0) is 25.6 Å². The van der Waals surface area contributed by atoms with E-state index in [2.05, 4.69) is 5.32 Å². The van der Waals surface area contributed by atoms with Gasteiger partial charge >= 0.3 is 18.2 Å². The minimum absolute atomic E-state index is 0.0157. The van der Waals surface area contributed by atoms with Crippen molar-refractivity contribution >= 4 is 18.2 Å². The normalized spacial score (nSPS) is 12.7. The van der Waals surface area contributed by atoms with E-state index in [-0.39, 0.29) is 6.61 Å². The molecule has 0 saturated heterocycles. The molecule has 0 aliphatic rings. The van der Waals surface area contributed by atoms with Crippen LogP contribution in [0.1, 0.15) is 61.0 Å². The molecular weight excluding hydrogens is 388 g/mol. The number of rotatable bonds is 6. The molecule has 0 bridgehead atoms. The van der Waals surface area contributed by atoms with Crippen LogP contribution < -0.4 is 5.32 Å². The zero-order chi connectivity index (χ0) is 23.1. The van der Waals surface area contributed by atoms with Gasteiger partial charge in [0.25, 0.3) is 0 Å². The number of carbonyl (C=O) groups is 3. The molecule has 0 aliphatic heterocycles. The molecule has 1 N–H and O–H groups in total. The lowest BCUT2D eigenvalue weighted by molar-refractivity contribution is -0.163. The van der Waals surface area contributed by atoms with Crippen LogP contribution in [0.3, 0.4) is 0 Å². The Balaban J connectivity index is 3.05. The van der Waals surface area contributed by atoms with Crippen molar-refractivity contribution in [1.82, 2.24) is 10.2 Å². The number of hydrogen-bond acceptors (Lipinski definition) is 6. The number of nitrogens with zero attached hydrogens (tertiary/aromatic N) is 1. The third-order valence-corrected chi connectivity index (χ3v) is 3.54. The van der Waals surface area contributed by atoms with Gasteiger partial charge in [-0.05, 0) is 61.0 Å². The summed E-state index contributed by atoms with van der Waals surface area (Å²) in [6, 6.07) is 8.64. The Morgan fingerprint density at radius 1 is 0.933 bits per heavy atom. The van der Waals surface area contributed by atoms with Gasteiger partial charge in [-0.1, -0.05) is 30.3 Å². The summed E-state index contributed by atoms with van der Waals surface area (Å²) in [6.07, 6.45) is -3.03. The lowest BCUT2D eigenvalue weighted by Gasteiger charge is -2.36. The number of alkyl carbamates (subject to hydrolysis) is 1. The van der Waals surface area contributed by atoms with Crippen molar-refractivity contribution in [3.63, 3.8) is 0 Å². The SMILES string of the molecule is CC(C)N(C(=O)OC(C)(C)C)C(NC(=O)OCc1ccccc1)C(=O)OC(C)(C)C. The van der Waals surface area contributed by atoms with E-state index in [0.29, 0.717) is 0 Å². The lowest BCUT2D eigenvalue weighted by atomic mass is 10.2. The molecule has 0 radical (unpaired) electrons. The van der Waals surface area contributed by atoms with Crippen LogP contribution in [0.5, 0.6) is 0 Å². The van der Waals surface area contributed by atoms with Crippen LogP contribution in [0.2, 0.25) is 0 Å². The van der Waals surface area contributed by atoms with Crippen LogP contribution in [0.4, 0.5) is 9.59 Å². The first kappa shape index (κ1) is 25.3. The summed E-state index contributed by atoms with van der Waals surface area (Å²) in [5.41, 5.74) is -0.813. The first-order valence-electron chi connectivity index (χ1n) is 9.91. The van der Waals surface area contributed by atoms with Gasteiger partial charge in [-0.15, -0.1) is 0 Å². The maximum Gasteiger partial charge on any atom is 0.412 e. The number of ether oxygens (including phenoxy) is 3.